The van der Waals surface area contributed by atoms with E-state index in [1.165, 1.54) is 24.6 Å². The number of nitrogens with zero attached hydrogens (tertiary/aromatic N) is 6. The van der Waals surface area contributed by atoms with Gasteiger partial charge in [0.1, 0.15) is 11.0 Å². The molecular formula is C18H16ClN7OS2. The van der Waals surface area contributed by atoms with Gasteiger partial charge in [-0.15, -0.1) is 10.2 Å². The van der Waals surface area contributed by atoms with E-state index in [0.717, 1.165) is 28.6 Å². The number of benzene rings is 1. The summed E-state index contributed by atoms with van der Waals surface area (Å²) in [5, 5.41) is 13.6. The minimum atomic E-state index is -0.128. The number of aromatic nitrogens is 5. The van der Waals surface area contributed by atoms with Gasteiger partial charge < -0.3 is 10.2 Å². The molecule has 0 radical (unpaired) electrons. The van der Waals surface area contributed by atoms with Crippen LogP contribution in [0.3, 0.4) is 0 Å². The van der Waals surface area contributed by atoms with Crippen molar-refractivity contribution in [3.05, 3.63) is 35.6 Å². The number of rotatable bonds is 5. The summed E-state index contributed by atoms with van der Waals surface area (Å²) >= 11 is 8.77. The van der Waals surface area contributed by atoms with Crippen molar-refractivity contribution in [1.29, 1.82) is 0 Å². The van der Waals surface area contributed by atoms with Crippen LogP contribution in [0.2, 0.25) is 5.02 Å². The summed E-state index contributed by atoms with van der Waals surface area (Å²) in [6.45, 7) is 2.07. The molecule has 0 saturated carbocycles. The number of amides is 1. The first kappa shape index (κ1) is 18.6. The SMILES string of the molecule is O=C(CSc1nnc2c3sc(N4CCCC4)nc3ncn12)Nc1ccc(Cl)cc1. The number of thiazole rings is 1. The molecule has 1 fully saturated rings. The number of thioether (sulfide) groups is 1. The van der Waals surface area contributed by atoms with Crippen LogP contribution in [0, 0.1) is 0 Å². The first-order valence-corrected chi connectivity index (χ1v) is 11.3. The molecule has 0 atom stereocenters. The van der Waals surface area contributed by atoms with Crippen LogP contribution >= 0.6 is 34.7 Å². The van der Waals surface area contributed by atoms with Crippen LogP contribution in [0.1, 0.15) is 12.8 Å². The minimum Gasteiger partial charge on any atom is -0.348 e. The number of halogens is 1. The molecule has 1 N–H and O–H groups in total. The van der Waals surface area contributed by atoms with Gasteiger partial charge in [-0.2, -0.15) is 4.98 Å². The van der Waals surface area contributed by atoms with E-state index in [-0.39, 0.29) is 11.7 Å². The van der Waals surface area contributed by atoms with Crippen molar-refractivity contribution in [2.45, 2.75) is 18.0 Å². The molecule has 1 aliphatic rings. The smallest absolute Gasteiger partial charge is 0.234 e. The summed E-state index contributed by atoms with van der Waals surface area (Å²) in [6, 6.07) is 7.00. The second-order valence-electron chi connectivity index (χ2n) is 6.61. The van der Waals surface area contributed by atoms with Crippen molar-refractivity contribution in [3.63, 3.8) is 0 Å². The van der Waals surface area contributed by atoms with E-state index in [2.05, 4.69) is 30.4 Å². The molecule has 0 spiro atoms. The molecule has 1 aliphatic heterocycles. The fourth-order valence-corrected chi connectivity index (χ4v) is 5.06. The first-order valence-electron chi connectivity index (χ1n) is 9.11. The van der Waals surface area contributed by atoms with E-state index in [9.17, 15) is 4.79 Å². The molecule has 4 heterocycles. The topological polar surface area (TPSA) is 88.3 Å². The van der Waals surface area contributed by atoms with Gasteiger partial charge in [-0.05, 0) is 37.1 Å². The number of hydrogen-bond donors (Lipinski definition) is 1. The summed E-state index contributed by atoms with van der Waals surface area (Å²) in [7, 11) is 0. The molecule has 4 aromatic rings. The summed E-state index contributed by atoms with van der Waals surface area (Å²) in [6.07, 6.45) is 4.07. The molecule has 3 aromatic heterocycles. The molecule has 1 saturated heterocycles. The third-order valence-electron chi connectivity index (χ3n) is 4.60. The Morgan fingerprint density at radius 1 is 1.21 bits per heavy atom. The van der Waals surface area contributed by atoms with Gasteiger partial charge in [0.15, 0.2) is 21.6 Å². The summed E-state index contributed by atoms with van der Waals surface area (Å²) in [5.41, 5.74) is 2.11. The molecule has 0 aliphatic carbocycles. The van der Waals surface area contributed by atoms with Crippen molar-refractivity contribution in [1.82, 2.24) is 24.6 Å². The molecule has 1 amide bonds. The van der Waals surface area contributed by atoms with Crippen molar-refractivity contribution in [3.8, 4) is 0 Å². The number of carbonyl (C=O) groups excluding carboxylic acids is 1. The Labute approximate surface area is 179 Å². The third kappa shape index (κ3) is 3.75. The molecule has 8 nitrogen and oxygen atoms in total. The van der Waals surface area contributed by atoms with Gasteiger partial charge in [0, 0.05) is 23.8 Å². The Hall–Kier alpha value is -2.43. The quantitative estimate of drug-likeness (QED) is 0.468. The Kier molecular flexibility index (Phi) is 4.98. The van der Waals surface area contributed by atoms with Gasteiger partial charge in [0.05, 0.1) is 5.75 Å². The van der Waals surface area contributed by atoms with Gasteiger partial charge in [0.25, 0.3) is 0 Å². The number of anilines is 2. The Bertz CT molecular complexity index is 1180. The molecule has 5 rings (SSSR count). The fraction of sp³-hybridized carbons (Fsp3) is 0.278. The van der Waals surface area contributed by atoms with E-state index >= 15 is 0 Å². The van der Waals surface area contributed by atoms with Gasteiger partial charge in [-0.1, -0.05) is 34.7 Å². The van der Waals surface area contributed by atoms with Crippen molar-refractivity contribution >= 4 is 67.4 Å². The lowest BCUT2D eigenvalue weighted by atomic mass is 10.3. The summed E-state index contributed by atoms with van der Waals surface area (Å²) in [5.74, 6) is 0.0839. The Balaban J connectivity index is 1.33. The van der Waals surface area contributed by atoms with Gasteiger partial charge in [-0.25, -0.2) is 4.98 Å². The highest BCUT2D eigenvalue weighted by Crippen LogP contribution is 2.32. The maximum atomic E-state index is 12.2. The van der Waals surface area contributed by atoms with Crippen LogP contribution in [0.25, 0.3) is 16.0 Å². The fourth-order valence-electron chi connectivity index (χ4n) is 3.19. The normalized spacial score (nSPS) is 14.2. The zero-order chi connectivity index (χ0) is 19.8. The number of hydrogen-bond acceptors (Lipinski definition) is 8. The highest BCUT2D eigenvalue weighted by atomic mass is 35.5. The monoisotopic (exact) mass is 445 g/mol. The lowest BCUT2D eigenvalue weighted by Gasteiger charge is -2.11. The lowest BCUT2D eigenvalue weighted by molar-refractivity contribution is -0.113. The van der Waals surface area contributed by atoms with Crippen LogP contribution in [0.5, 0.6) is 0 Å². The molecule has 1 aromatic carbocycles. The maximum absolute atomic E-state index is 12.2. The largest absolute Gasteiger partial charge is 0.348 e. The predicted molar refractivity (Wildman–Crippen MR) is 116 cm³/mol. The van der Waals surface area contributed by atoms with Crippen LogP contribution in [0.15, 0.2) is 35.7 Å². The molecule has 0 bridgehead atoms. The number of fused-ring (bicyclic) bond motifs is 3. The van der Waals surface area contributed by atoms with Crippen LogP contribution in [-0.4, -0.2) is 49.3 Å². The number of carbonyl (C=O) groups is 1. The minimum absolute atomic E-state index is 0.128. The highest BCUT2D eigenvalue weighted by molar-refractivity contribution is 7.99. The molecule has 148 valence electrons. The van der Waals surface area contributed by atoms with E-state index in [4.69, 9.17) is 11.6 Å². The third-order valence-corrected chi connectivity index (χ3v) is 6.89. The van der Waals surface area contributed by atoms with E-state index < -0.39 is 0 Å². The van der Waals surface area contributed by atoms with Crippen molar-refractivity contribution in [2.75, 3.05) is 29.1 Å². The van der Waals surface area contributed by atoms with Gasteiger partial charge in [0.2, 0.25) is 5.91 Å². The van der Waals surface area contributed by atoms with Gasteiger partial charge >= 0.3 is 0 Å². The average molecular weight is 446 g/mol. The second-order valence-corrected chi connectivity index (χ2v) is 8.96. The zero-order valence-corrected chi connectivity index (χ0v) is 17.6. The van der Waals surface area contributed by atoms with E-state index in [1.807, 2.05) is 4.40 Å². The van der Waals surface area contributed by atoms with Crippen LogP contribution < -0.4 is 10.2 Å². The van der Waals surface area contributed by atoms with E-state index in [1.54, 1.807) is 41.9 Å². The lowest BCUT2D eigenvalue weighted by Crippen LogP contribution is -2.16. The van der Waals surface area contributed by atoms with Crippen LogP contribution in [0.4, 0.5) is 10.8 Å². The standard InChI is InChI=1S/C18H16ClN7OS2/c19-11-3-5-12(6-4-11)21-13(27)9-28-18-24-23-16-14-15(20-10-26(16)18)22-17(29-14)25-7-1-2-8-25/h3-6,10H,1-2,7-9H2,(H,21,27). The number of nitrogens with one attached hydrogen (secondary N) is 1. The van der Waals surface area contributed by atoms with Crippen molar-refractivity contribution in [2.24, 2.45) is 0 Å². The first-order chi connectivity index (χ1) is 14.2. The molecule has 0 unspecified atom stereocenters. The average Bonchev–Trinajstić information content (AvgIpc) is 3.46. The van der Waals surface area contributed by atoms with E-state index in [0.29, 0.717) is 21.5 Å². The Morgan fingerprint density at radius 3 is 2.79 bits per heavy atom. The molecule has 11 heteroatoms. The van der Waals surface area contributed by atoms with Crippen LogP contribution in [-0.2, 0) is 4.79 Å². The van der Waals surface area contributed by atoms with Gasteiger partial charge in [-0.3, -0.25) is 9.20 Å². The van der Waals surface area contributed by atoms with Crippen molar-refractivity contribution < 1.29 is 4.79 Å². The Morgan fingerprint density at radius 2 is 2.00 bits per heavy atom. The second kappa shape index (κ2) is 7.77. The highest BCUT2D eigenvalue weighted by Gasteiger charge is 2.20. The molecule has 29 heavy (non-hydrogen) atoms. The molecular weight excluding hydrogens is 430 g/mol. The summed E-state index contributed by atoms with van der Waals surface area (Å²) in [4.78, 5) is 23.6. The zero-order valence-electron chi connectivity index (χ0n) is 15.2. The maximum Gasteiger partial charge on any atom is 0.234 e. The summed E-state index contributed by atoms with van der Waals surface area (Å²) < 4.78 is 2.73. The predicted octanol–water partition coefficient (Wildman–Crippen LogP) is 3.72.